The molecule has 1 aromatic carbocycles. The third-order valence-corrected chi connectivity index (χ3v) is 2.14. The molecule has 17 heavy (non-hydrogen) atoms. The van der Waals surface area contributed by atoms with Crippen LogP contribution in [0.5, 0.6) is 0 Å². The zero-order valence-corrected chi connectivity index (χ0v) is 9.50. The highest BCUT2D eigenvalue weighted by atomic mass is 19.4. The second-order valence-electron chi connectivity index (χ2n) is 3.78. The third-order valence-electron chi connectivity index (χ3n) is 2.14. The van der Waals surface area contributed by atoms with E-state index in [9.17, 15) is 13.2 Å². The lowest BCUT2D eigenvalue weighted by atomic mass is 10.2. The first-order valence-corrected chi connectivity index (χ1v) is 5.10. The summed E-state index contributed by atoms with van der Waals surface area (Å²) in [4.78, 5) is 1.74. The van der Waals surface area contributed by atoms with Crippen molar-refractivity contribution >= 4 is 5.69 Å². The lowest BCUT2D eigenvalue weighted by molar-refractivity contribution is -0.324. The molecule has 0 aliphatic rings. The second-order valence-corrected chi connectivity index (χ2v) is 3.78. The maximum Gasteiger partial charge on any atom is 0.522 e. The molecule has 0 aromatic heterocycles. The van der Waals surface area contributed by atoms with Gasteiger partial charge in [0.25, 0.3) is 0 Å². The first-order chi connectivity index (χ1) is 7.87. The predicted octanol–water partition coefficient (Wildman–Crippen LogP) is 2.24. The number of anilines is 1. The fourth-order valence-corrected chi connectivity index (χ4v) is 1.40. The van der Waals surface area contributed by atoms with E-state index < -0.39 is 6.36 Å². The van der Waals surface area contributed by atoms with E-state index in [-0.39, 0.29) is 13.2 Å². The molecule has 0 saturated carbocycles. The van der Waals surface area contributed by atoms with Crippen molar-refractivity contribution in [3.63, 3.8) is 0 Å². The van der Waals surface area contributed by atoms with Gasteiger partial charge in [0.2, 0.25) is 0 Å². The van der Waals surface area contributed by atoms with Crippen LogP contribution in [0.4, 0.5) is 18.9 Å². The van der Waals surface area contributed by atoms with Crippen LogP contribution in [0.2, 0.25) is 0 Å². The van der Waals surface area contributed by atoms with Crippen LogP contribution in [-0.4, -0.2) is 31.5 Å². The van der Waals surface area contributed by atoms with Gasteiger partial charge in [-0.05, 0) is 24.7 Å². The first-order valence-electron chi connectivity index (χ1n) is 5.10. The smallest absolute Gasteiger partial charge is 0.399 e. The Hall–Kier alpha value is -1.27. The standard InChI is InChI=1S/C11H15F3N2O/c1-16(5-6-17-11(12,13)14)8-9-3-2-4-10(15)7-9/h2-4,7H,5-6,8,15H2,1H3. The monoisotopic (exact) mass is 248 g/mol. The predicted molar refractivity (Wildman–Crippen MR) is 59.2 cm³/mol. The molecular formula is C11H15F3N2O. The van der Waals surface area contributed by atoms with E-state index >= 15 is 0 Å². The van der Waals surface area contributed by atoms with Crippen molar-refractivity contribution in [2.75, 3.05) is 25.9 Å². The van der Waals surface area contributed by atoms with Crippen LogP contribution >= 0.6 is 0 Å². The second kappa shape index (κ2) is 5.88. The molecule has 0 unspecified atom stereocenters. The quantitative estimate of drug-likeness (QED) is 0.812. The average Bonchev–Trinajstić information content (AvgIpc) is 2.15. The van der Waals surface area contributed by atoms with E-state index in [1.165, 1.54) is 0 Å². The van der Waals surface area contributed by atoms with Crippen molar-refractivity contribution in [1.82, 2.24) is 4.90 Å². The number of nitrogens with two attached hydrogens (primary N) is 1. The molecule has 0 spiro atoms. The summed E-state index contributed by atoms with van der Waals surface area (Å²) in [6.07, 6.45) is -4.56. The summed E-state index contributed by atoms with van der Waals surface area (Å²) in [5, 5.41) is 0. The molecule has 0 atom stereocenters. The fraction of sp³-hybridized carbons (Fsp3) is 0.455. The number of benzene rings is 1. The number of hydrogen-bond donors (Lipinski definition) is 1. The Balaban J connectivity index is 2.32. The van der Waals surface area contributed by atoms with Crippen LogP contribution in [0.3, 0.4) is 0 Å². The number of alkyl halides is 3. The van der Waals surface area contributed by atoms with Crippen molar-refractivity contribution in [3.05, 3.63) is 29.8 Å². The van der Waals surface area contributed by atoms with Gasteiger partial charge in [0.15, 0.2) is 0 Å². The summed E-state index contributed by atoms with van der Waals surface area (Å²) in [7, 11) is 1.73. The topological polar surface area (TPSA) is 38.5 Å². The largest absolute Gasteiger partial charge is 0.522 e. The van der Waals surface area contributed by atoms with Crippen LogP contribution in [0.25, 0.3) is 0 Å². The van der Waals surface area contributed by atoms with Crippen molar-refractivity contribution in [2.24, 2.45) is 0 Å². The summed E-state index contributed by atoms with van der Waals surface area (Å²) in [6.45, 7) is 0.364. The van der Waals surface area contributed by atoms with Crippen molar-refractivity contribution in [2.45, 2.75) is 12.9 Å². The van der Waals surface area contributed by atoms with Gasteiger partial charge in [0.1, 0.15) is 0 Å². The van der Waals surface area contributed by atoms with E-state index in [4.69, 9.17) is 5.73 Å². The Morgan fingerprint density at radius 2 is 2.06 bits per heavy atom. The van der Waals surface area contributed by atoms with Gasteiger partial charge in [-0.1, -0.05) is 12.1 Å². The molecule has 2 N–H and O–H groups in total. The summed E-state index contributed by atoms with van der Waals surface area (Å²) >= 11 is 0. The van der Waals surface area contributed by atoms with Gasteiger partial charge in [0.05, 0.1) is 6.61 Å². The van der Waals surface area contributed by atoms with Gasteiger partial charge in [-0.2, -0.15) is 0 Å². The Bertz CT molecular complexity index is 355. The number of nitrogen functional groups attached to an aromatic ring is 1. The molecule has 0 saturated heterocycles. The molecule has 96 valence electrons. The highest BCUT2D eigenvalue weighted by Crippen LogP contribution is 2.15. The first kappa shape index (κ1) is 13.8. The molecular weight excluding hydrogens is 233 g/mol. The van der Waals surface area contributed by atoms with E-state index in [2.05, 4.69) is 4.74 Å². The molecule has 0 fully saturated rings. The molecule has 0 heterocycles. The minimum absolute atomic E-state index is 0.203. The van der Waals surface area contributed by atoms with Gasteiger partial charge < -0.3 is 5.73 Å². The molecule has 0 bridgehead atoms. The minimum atomic E-state index is -4.56. The number of likely N-dealkylation sites (N-methyl/N-ethyl adjacent to an activating group) is 1. The van der Waals surface area contributed by atoms with Crippen LogP contribution in [0.15, 0.2) is 24.3 Å². The lowest BCUT2D eigenvalue weighted by Gasteiger charge is -2.17. The van der Waals surface area contributed by atoms with Crippen molar-refractivity contribution in [1.29, 1.82) is 0 Å². The highest BCUT2D eigenvalue weighted by molar-refractivity contribution is 5.40. The molecule has 1 rings (SSSR count). The number of halogens is 3. The van der Waals surface area contributed by atoms with E-state index in [1.807, 2.05) is 12.1 Å². The van der Waals surface area contributed by atoms with E-state index in [1.54, 1.807) is 24.1 Å². The van der Waals surface area contributed by atoms with Gasteiger partial charge in [0, 0.05) is 18.8 Å². The van der Waals surface area contributed by atoms with E-state index in [0.29, 0.717) is 12.2 Å². The molecule has 0 amide bonds. The molecule has 6 heteroatoms. The fourth-order valence-electron chi connectivity index (χ4n) is 1.40. The maximum absolute atomic E-state index is 11.7. The van der Waals surface area contributed by atoms with Crippen molar-refractivity contribution < 1.29 is 17.9 Å². The van der Waals surface area contributed by atoms with Crippen molar-refractivity contribution in [3.8, 4) is 0 Å². The molecule has 3 nitrogen and oxygen atoms in total. The number of hydrogen-bond acceptors (Lipinski definition) is 3. The zero-order chi connectivity index (χ0) is 12.9. The number of ether oxygens (including phenoxy) is 1. The van der Waals surface area contributed by atoms with Gasteiger partial charge in [-0.15, -0.1) is 13.2 Å². The van der Waals surface area contributed by atoms with Gasteiger partial charge in [-0.25, -0.2) is 0 Å². The summed E-state index contributed by atoms with van der Waals surface area (Å²) in [5.74, 6) is 0. The number of nitrogens with zero attached hydrogens (tertiary/aromatic N) is 1. The normalized spacial score (nSPS) is 12.1. The summed E-state index contributed by atoms with van der Waals surface area (Å²) in [6, 6.07) is 7.24. The third kappa shape index (κ3) is 6.13. The Labute approximate surface area is 98.0 Å². The zero-order valence-electron chi connectivity index (χ0n) is 9.50. The lowest BCUT2D eigenvalue weighted by Crippen LogP contribution is -2.26. The SMILES string of the molecule is CN(CCOC(F)(F)F)Cc1cccc(N)c1. The summed E-state index contributed by atoms with van der Waals surface area (Å²) in [5.41, 5.74) is 7.20. The molecule has 0 aliphatic carbocycles. The maximum atomic E-state index is 11.7. The number of rotatable bonds is 5. The van der Waals surface area contributed by atoms with Gasteiger partial charge >= 0.3 is 6.36 Å². The Morgan fingerprint density at radius 3 is 2.65 bits per heavy atom. The van der Waals surface area contributed by atoms with Crippen LogP contribution in [0.1, 0.15) is 5.56 Å². The van der Waals surface area contributed by atoms with E-state index in [0.717, 1.165) is 5.56 Å². The molecule has 1 aromatic rings. The van der Waals surface area contributed by atoms with Gasteiger partial charge in [-0.3, -0.25) is 9.64 Å². The Kier molecular flexibility index (Phi) is 4.77. The molecule has 0 aliphatic heterocycles. The minimum Gasteiger partial charge on any atom is -0.399 e. The Morgan fingerprint density at radius 1 is 1.35 bits per heavy atom. The van der Waals surface area contributed by atoms with Crippen LogP contribution < -0.4 is 5.73 Å². The highest BCUT2D eigenvalue weighted by Gasteiger charge is 2.28. The van der Waals surface area contributed by atoms with Crippen LogP contribution in [0, 0.1) is 0 Å². The molecule has 0 radical (unpaired) electrons. The summed E-state index contributed by atoms with van der Waals surface area (Å²) < 4.78 is 38.9. The average molecular weight is 248 g/mol. The van der Waals surface area contributed by atoms with Crippen LogP contribution in [-0.2, 0) is 11.3 Å².